The van der Waals surface area contributed by atoms with Gasteiger partial charge in [-0.25, -0.2) is 0 Å². The Kier molecular flexibility index (Phi) is 6.67. The molecule has 0 aliphatic rings. The van der Waals surface area contributed by atoms with E-state index in [4.69, 9.17) is 4.74 Å². The summed E-state index contributed by atoms with van der Waals surface area (Å²) in [6.07, 6.45) is 0. The highest BCUT2D eigenvalue weighted by Gasteiger charge is 2.09. The molecule has 0 radical (unpaired) electrons. The standard InChI is InChI=1S/C12H16Br2N2O2/c1-3-16-11(17)7-15-6-8-4-9(13)5-10(14)12(8)18-2/h4-5,15H,3,6-7H2,1-2H3,(H,16,17). The molecule has 18 heavy (non-hydrogen) atoms. The molecule has 4 nitrogen and oxygen atoms in total. The van der Waals surface area contributed by atoms with Crippen molar-refractivity contribution in [3.05, 3.63) is 26.6 Å². The van der Waals surface area contributed by atoms with E-state index >= 15 is 0 Å². The number of likely N-dealkylation sites (N-methyl/N-ethyl adjacent to an activating group) is 1. The van der Waals surface area contributed by atoms with Crippen LogP contribution in [0.3, 0.4) is 0 Å². The fourth-order valence-corrected chi connectivity index (χ4v) is 3.02. The van der Waals surface area contributed by atoms with Gasteiger partial charge in [-0.2, -0.15) is 0 Å². The van der Waals surface area contributed by atoms with Gasteiger partial charge in [0.15, 0.2) is 0 Å². The van der Waals surface area contributed by atoms with Crippen LogP contribution >= 0.6 is 31.9 Å². The number of ether oxygens (including phenoxy) is 1. The summed E-state index contributed by atoms with van der Waals surface area (Å²) in [6, 6.07) is 3.89. The van der Waals surface area contributed by atoms with Crippen LogP contribution in [0.5, 0.6) is 5.75 Å². The number of amides is 1. The highest BCUT2D eigenvalue weighted by atomic mass is 79.9. The topological polar surface area (TPSA) is 50.4 Å². The van der Waals surface area contributed by atoms with Crippen LogP contribution in [0.2, 0.25) is 0 Å². The first-order valence-electron chi connectivity index (χ1n) is 5.57. The Morgan fingerprint density at radius 2 is 2.11 bits per heavy atom. The van der Waals surface area contributed by atoms with E-state index in [2.05, 4.69) is 42.5 Å². The molecule has 2 N–H and O–H groups in total. The molecule has 0 heterocycles. The zero-order valence-electron chi connectivity index (χ0n) is 10.3. The van der Waals surface area contributed by atoms with Crippen molar-refractivity contribution >= 4 is 37.8 Å². The summed E-state index contributed by atoms with van der Waals surface area (Å²) in [5.41, 5.74) is 0.989. The first kappa shape index (κ1) is 15.5. The molecule has 1 aromatic rings. The molecule has 0 aliphatic carbocycles. The van der Waals surface area contributed by atoms with Gasteiger partial charge >= 0.3 is 0 Å². The molecule has 6 heteroatoms. The fourth-order valence-electron chi connectivity index (χ4n) is 1.54. The number of hydrogen-bond donors (Lipinski definition) is 2. The van der Waals surface area contributed by atoms with Gasteiger partial charge in [-0.3, -0.25) is 4.79 Å². The molecule has 0 bridgehead atoms. The van der Waals surface area contributed by atoms with Gasteiger partial charge < -0.3 is 15.4 Å². The molecule has 1 aromatic carbocycles. The van der Waals surface area contributed by atoms with Crippen molar-refractivity contribution in [3.8, 4) is 5.75 Å². The van der Waals surface area contributed by atoms with E-state index < -0.39 is 0 Å². The maximum atomic E-state index is 11.3. The maximum absolute atomic E-state index is 11.3. The van der Waals surface area contributed by atoms with Crippen LogP contribution < -0.4 is 15.4 Å². The Bertz CT molecular complexity index is 425. The van der Waals surface area contributed by atoms with Crippen LogP contribution in [0.1, 0.15) is 12.5 Å². The molecule has 0 atom stereocenters. The third-order valence-electron chi connectivity index (χ3n) is 2.26. The second-order valence-electron chi connectivity index (χ2n) is 3.64. The zero-order valence-corrected chi connectivity index (χ0v) is 13.5. The van der Waals surface area contributed by atoms with E-state index in [0.29, 0.717) is 19.6 Å². The normalized spacial score (nSPS) is 10.2. The van der Waals surface area contributed by atoms with Crippen LogP contribution in [-0.4, -0.2) is 26.1 Å². The first-order valence-corrected chi connectivity index (χ1v) is 7.16. The van der Waals surface area contributed by atoms with E-state index in [1.54, 1.807) is 7.11 Å². The lowest BCUT2D eigenvalue weighted by molar-refractivity contribution is -0.120. The monoisotopic (exact) mass is 378 g/mol. The lowest BCUT2D eigenvalue weighted by Gasteiger charge is -2.12. The molecule has 100 valence electrons. The van der Waals surface area contributed by atoms with Crippen molar-refractivity contribution in [2.45, 2.75) is 13.5 Å². The zero-order chi connectivity index (χ0) is 13.5. The number of carbonyl (C=O) groups is 1. The van der Waals surface area contributed by atoms with Crippen molar-refractivity contribution in [2.75, 3.05) is 20.2 Å². The van der Waals surface area contributed by atoms with Gasteiger partial charge in [-0.1, -0.05) is 15.9 Å². The lowest BCUT2D eigenvalue weighted by Crippen LogP contribution is -2.33. The third-order valence-corrected chi connectivity index (χ3v) is 3.31. The second-order valence-corrected chi connectivity index (χ2v) is 5.41. The van der Waals surface area contributed by atoms with Gasteiger partial charge in [0.05, 0.1) is 18.1 Å². The highest BCUT2D eigenvalue weighted by molar-refractivity contribution is 9.11. The Hall–Kier alpha value is -0.590. The van der Waals surface area contributed by atoms with Crippen molar-refractivity contribution in [2.24, 2.45) is 0 Å². The van der Waals surface area contributed by atoms with Crippen molar-refractivity contribution in [1.29, 1.82) is 0 Å². The van der Waals surface area contributed by atoms with Crippen LogP contribution in [0.25, 0.3) is 0 Å². The van der Waals surface area contributed by atoms with Crippen molar-refractivity contribution < 1.29 is 9.53 Å². The smallest absolute Gasteiger partial charge is 0.233 e. The number of nitrogens with one attached hydrogen (secondary N) is 2. The fraction of sp³-hybridized carbons (Fsp3) is 0.417. The Morgan fingerprint density at radius 1 is 1.39 bits per heavy atom. The molecule has 1 rings (SSSR count). The summed E-state index contributed by atoms with van der Waals surface area (Å²) in [5.74, 6) is 0.770. The molecule has 0 unspecified atom stereocenters. The minimum absolute atomic E-state index is 0.00877. The van der Waals surface area contributed by atoms with Crippen LogP contribution in [0.15, 0.2) is 21.1 Å². The number of carbonyl (C=O) groups excluding carboxylic acids is 1. The quantitative estimate of drug-likeness (QED) is 0.798. The van der Waals surface area contributed by atoms with E-state index in [0.717, 1.165) is 20.3 Å². The predicted octanol–water partition coefficient (Wildman–Crippen LogP) is 2.45. The molecule has 1 amide bonds. The minimum Gasteiger partial charge on any atom is -0.495 e. The Labute approximate surface area is 124 Å². The van der Waals surface area contributed by atoms with Crippen molar-refractivity contribution in [1.82, 2.24) is 10.6 Å². The lowest BCUT2D eigenvalue weighted by atomic mass is 10.2. The molecular weight excluding hydrogens is 364 g/mol. The van der Waals surface area contributed by atoms with Crippen LogP contribution in [0, 0.1) is 0 Å². The minimum atomic E-state index is -0.00877. The van der Waals surface area contributed by atoms with E-state index in [1.807, 2.05) is 19.1 Å². The SMILES string of the molecule is CCNC(=O)CNCc1cc(Br)cc(Br)c1OC. The average Bonchev–Trinajstić information content (AvgIpc) is 2.28. The summed E-state index contributed by atoms with van der Waals surface area (Å²) in [5, 5.41) is 5.81. The summed E-state index contributed by atoms with van der Waals surface area (Å²) in [7, 11) is 1.63. The maximum Gasteiger partial charge on any atom is 0.233 e. The molecule has 0 aromatic heterocycles. The van der Waals surface area contributed by atoms with E-state index in [-0.39, 0.29) is 5.91 Å². The van der Waals surface area contributed by atoms with E-state index in [1.165, 1.54) is 0 Å². The number of benzene rings is 1. The molecule has 0 fully saturated rings. The van der Waals surface area contributed by atoms with Crippen LogP contribution in [-0.2, 0) is 11.3 Å². The summed E-state index contributed by atoms with van der Waals surface area (Å²) < 4.78 is 7.17. The highest BCUT2D eigenvalue weighted by Crippen LogP contribution is 2.32. The third kappa shape index (κ3) is 4.59. The number of rotatable bonds is 6. The summed E-state index contributed by atoms with van der Waals surface area (Å²) >= 11 is 6.87. The van der Waals surface area contributed by atoms with Gasteiger partial charge in [0, 0.05) is 23.1 Å². The predicted molar refractivity (Wildman–Crippen MR) is 78.8 cm³/mol. The van der Waals surface area contributed by atoms with Crippen molar-refractivity contribution in [3.63, 3.8) is 0 Å². The van der Waals surface area contributed by atoms with Gasteiger partial charge in [0.1, 0.15) is 5.75 Å². The van der Waals surface area contributed by atoms with E-state index in [9.17, 15) is 4.79 Å². The number of hydrogen-bond acceptors (Lipinski definition) is 3. The average molecular weight is 380 g/mol. The second kappa shape index (κ2) is 7.76. The first-order chi connectivity index (χ1) is 8.58. The summed E-state index contributed by atoms with van der Waals surface area (Å²) in [4.78, 5) is 11.3. The van der Waals surface area contributed by atoms with Gasteiger partial charge in [-0.15, -0.1) is 0 Å². The number of methoxy groups -OCH3 is 1. The van der Waals surface area contributed by atoms with Gasteiger partial charge in [-0.05, 0) is 35.0 Å². The molecule has 0 aliphatic heterocycles. The van der Waals surface area contributed by atoms with Gasteiger partial charge in [0.2, 0.25) is 5.91 Å². The molecular formula is C12H16Br2N2O2. The number of halogens is 2. The Morgan fingerprint density at radius 3 is 2.72 bits per heavy atom. The Balaban J connectivity index is 2.64. The van der Waals surface area contributed by atoms with Crippen LogP contribution in [0.4, 0.5) is 0 Å². The van der Waals surface area contributed by atoms with Gasteiger partial charge in [0.25, 0.3) is 0 Å². The summed E-state index contributed by atoms with van der Waals surface area (Å²) in [6.45, 7) is 3.40. The largest absolute Gasteiger partial charge is 0.495 e. The molecule has 0 saturated carbocycles. The molecule has 0 saturated heterocycles. The molecule has 0 spiro atoms.